The van der Waals surface area contributed by atoms with Crippen molar-refractivity contribution in [1.82, 2.24) is 0 Å². The first-order valence-electron chi connectivity index (χ1n) is 9.27. The molecule has 3 aromatic carbocycles. The number of anilines is 1. The van der Waals surface area contributed by atoms with Crippen LogP contribution in [0.4, 0.5) is 5.69 Å². The molecule has 4 rings (SSSR count). The lowest BCUT2D eigenvalue weighted by atomic mass is 9.95. The Bertz CT molecular complexity index is 1120. The third kappa shape index (κ3) is 3.50. The second-order valence-corrected chi connectivity index (χ2v) is 7.70. The molecule has 6 heteroatoms. The highest BCUT2D eigenvalue weighted by molar-refractivity contribution is 9.10. The van der Waals surface area contributed by atoms with Gasteiger partial charge in [-0.05, 0) is 42.0 Å². The molecule has 150 valence electrons. The lowest BCUT2D eigenvalue weighted by Gasteiger charge is -2.25. The van der Waals surface area contributed by atoms with E-state index < -0.39 is 17.7 Å². The van der Waals surface area contributed by atoms with Crippen LogP contribution >= 0.6 is 15.9 Å². The Balaban J connectivity index is 1.92. The fraction of sp³-hybridized carbons (Fsp3) is 0.0833. The van der Waals surface area contributed by atoms with Crippen LogP contribution in [0, 0.1) is 0 Å². The van der Waals surface area contributed by atoms with Crippen LogP contribution in [-0.4, -0.2) is 23.9 Å². The summed E-state index contributed by atoms with van der Waals surface area (Å²) in [7, 11) is 1.57. The van der Waals surface area contributed by atoms with Crippen LogP contribution in [0.1, 0.15) is 17.2 Å². The maximum Gasteiger partial charge on any atom is 0.300 e. The molecule has 1 aliphatic rings. The number of Topliss-reactive ketones (excluding diaryl/α,β-unsaturated/α-hetero) is 1. The second-order valence-electron chi connectivity index (χ2n) is 6.78. The van der Waals surface area contributed by atoms with Crippen molar-refractivity contribution < 1.29 is 19.4 Å². The molecule has 1 amide bonds. The largest absolute Gasteiger partial charge is 0.507 e. The molecule has 1 heterocycles. The second kappa shape index (κ2) is 8.16. The van der Waals surface area contributed by atoms with Gasteiger partial charge in [0.2, 0.25) is 0 Å². The van der Waals surface area contributed by atoms with Crippen LogP contribution < -0.4 is 9.64 Å². The molecule has 1 atom stereocenters. The number of ketones is 1. The summed E-state index contributed by atoms with van der Waals surface area (Å²) in [5.74, 6) is -0.951. The molecule has 0 radical (unpaired) electrons. The van der Waals surface area contributed by atoms with E-state index in [-0.39, 0.29) is 11.3 Å². The minimum atomic E-state index is -0.766. The number of nitrogens with zero attached hydrogens (tertiary/aromatic N) is 1. The van der Waals surface area contributed by atoms with Gasteiger partial charge in [0.25, 0.3) is 11.7 Å². The number of methoxy groups -OCH3 is 1. The van der Waals surface area contributed by atoms with E-state index in [1.54, 1.807) is 79.9 Å². The third-order valence-corrected chi connectivity index (χ3v) is 5.56. The van der Waals surface area contributed by atoms with E-state index in [9.17, 15) is 14.7 Å². The minimum absolute atomic E-state index is 0.0549. The average Bonchev–Trinajstić information content (AvgIpc) is 3.05. The van der Waals surface area contributed by atoms with Crippen molar-refractivity contribution in [2.75, 3.05) is 12.0 Å². The number of aliphatic hydroxyl groups is 1. The van der Waals surface area contributed by atoms with Crippen LogP contribution in [-0.2, 0) is 9.59 Å². The topological polar surface area (TPSA) is 66.8 Å². The van der Waals surface area contributed by atoms with E-state index in [4.69, 9.17) is 4.74 Å². The van der Waals surface area contributed by atoms with Gasteiger partial charge in [-0.1, -0.05) is 58.4 Å². The van der Waals surface area contributed by atoms with E-state index in [1.165, 1.54) is 4.90 Å². The lowest BCUT2D eigenvalue weighted by Crippen LogP contribution is -2.29. The number of halogens is 1. The molecule has 1 unspecified atom stereocenters. The molecule has 1 saturated heterocycles. The van der Waals surface area contributed by atoms with E-state index in [0.717, 1.165) is 4.47 Å². The molecule has 0 aliphatic carbocycles. The maximum absolute atomic E-state index is 13.0. The highest BCUT2D eigenvalue weighted by Gasteiger charge is 2.46. The molecule has 1 fully saturated rings. The zero-order valence-electron chi connectivity index (χ0n) is 16.1. The Hall–Kier alpha value is -3.38. The van der Waals surface area contributed by atoms with Gasteiger partial charge >= 0.3 is 0 Å². The number of carbonyl (C=O) groups excluding carboxylic acids is 2. The van der Waals surface area contributed by atoms with Gasteiger partial charge in [-0.15, -0.1) is 0 Å². The summed E-state index contributed by atoms with van der Waals surface area (Å²) in [5.41, 5.74) is 1.78. The quantitative estimate of drug-likeness (QED) is 0.332. The summed E-state index contributed by atoms with van der Waals surface area (Å²) < 4.78 is 6.08. The van der Waals surface area contributed by atoms with E-state index >= 15 is 0 Å². The van der Waals surface area contributed by atoms with Crippen LogP contribution in [0.2, 0.25) is 0 Å². The van der Waals surface area contributed by atoms with E-state index in [2.05, 4.69) is 15.9 Å². The highest BCUT2D eigenvalue weighted by atomic mass is 79.9. The summed E-state index contributed by atoms with van der Waals surface area (Å²) >= 11 is 3.39. The first-order chi connectivity index (χ1) is 14.5. The fourth-order valence-corrected chi connectivity index (χ4v) is 3.82. The van der Waals surface area contributed by atoms with Crippen molar-refractivity contribution in [3.8, 4) is 5.75 Å². The van der Waals surface area contributed by atoms with Gasteiger partial charge in [-0.25, -0.2) is 0 Å². The van der Waals surface area contributed by atoms with Crippen molar-refractivity contribution in [1.29, 1.82) is 0 Å². The molecule has 3 aromatic rings. The predicted molar refractivity (Wildman–Crippen MR) is 118 cm³/mol. The number of amides is 1. The Morgan fingerprint density at radius 2 is 1.57 bits per heavy atom. The number of hydrogen-bond donors (Lipinski definition) is 1. The highest BCUT2D eigenvalue weighted by Crippen LogP contribution is 2.42. The smallest absolute Gasteiger partial charge is 0.300 e. The van der Waals surface area contributed by atoms with Gasteiger partial charge in [0.1, 0.15) is 11.5 Å². The monoisotopic (exact) mass is 463 g/mol. The average molecular weight is 464 g/mol. The predicted octanol–water partition coefficient (Wildman–Crippen LogP) is 5.08. The van der Waals surface area contributed by atoms with E-state index in [1.807, 2.05) is 6.07 Å². The Labute approximate surface area is 182 Å². The Morgan fingerprint density at radius 1 is 0.933 bits per heavy atom. The van der Waals surface area contributed by atoms with Gasteiger partial charge in [-0.3, -0.25) is 14.5 Å². The molecule has 0 aromatic heterocycles. The number of hydrogen-bond acceptors (Lipinski definition) is 4. The zero-order valence-corrected chi connectivity index (χ0v) is 17.7. The number of aliphatic hydroxyl groups excluding tert-OH is 1. The molecular formula is C24H18BrNO4. The maximum atomic E-state index is 13.0. The van der Waals surface area contributed by atoms with Crippen LogP contribution in [0.3, 0.4) is 0 Å². The van der Waals surface area contributed by atoms with Crippen LogP contribution in [0.5, 0.6) is 5.75 Å². The summed E-state index contributed by atoms with van der Waals surface area (Å²) in [4.78, 5) is 27.5. The molecule has 30 heavy (non-hydrogen) atoms. The normalized spacial score (nSPS) is 17.9. The van der Waals surface area contributed by atoms with Crippen molar-refractivity contribution in [3.05, 3.63) is 100 Å². The van der Waals surface area contributed by atoms with Crippen molar-refractivity contribution in [2.45, 2.75) is 6.04 Å². The Morgan fingerprint density at radius 3 is 2.17 bits per heavy atom. The molecule has 5 nitrogen and oxygen atoms in total. The standard InChI is InChI=1S/C24H18BrNO4/c1-30-19-13-7-15(8-14-19)21-20(22(27)16-5-3-2-4-6-16)23(28)24(29)26(21)18-11-9-17(25)10-12-18/h2-14,21,27H,1H3. The van der Waals surface area contributed by atoms with Crippen molar-refractivity contribution in [2.24, 2.45) is 0 Å². The third-order valence-electron chi connectivity index (χ3n) is 5.03. The number of ether oxygens (including phenoxy) is 1. The number of carbonyl (C=O) groups is 2. The molecule has 0 saturated carbocycles. The molecule has 0 bridgehead atoms. The minimum Gasteiger partial charge on any atom is -0.507 e. The van der Waals surface area contributed by atoms with Gasteiger partial charge in [0.05, 0.1) is 18.7 Å². The van der Waals surface area contributed by atoms with Crippen molar-refractivity contribution >= 4 is 39.1 Å². The van der Waals surface area contributed by atoms with Gasteiger partial charge in [0, 0.05) is 15.7 Å². The Kier molecular flexibility index (Phi) is 5.42. The van der Waals surface area contributed by atoms with Gasteiger partial charge < -0.3 is 9.84 Å². The van der Waals surface area contributed by atoms with E-state index in [0.29, 0.717) is 22.6 Å². The van der Waals surface area contributed by atoms with Gasteiger partial charge in [0.15, 0.2) is 0 Å². The lowest BCUT2D eigenvalue weighted by molar-refractivity contribution is -0.132. The summed E-state index contributed by atoms with van der Waals surface area (Å²) in [5, 5.41) is 11.0. The van der Waals surface area contributed by atoms with Crippen LogP contribution in [0.25, 0.3) is 5.76 Å². The van der Waals surface area contributed by atoms with Crippen molar-refractivity contribution in [3.63, 3.8) is 0 Å². The van der Waals surface area contributed by atoms with Crippen LogP contribution in [0.15, 0.2) is 88.9 Å². The first kappa shape index (κ1) is 19.9. The summed E-state index contributed by atoms with van der Waals surface area (Å²) in [6, 6.07) is 22.2. The number of benzene rings is 3. The summed E-state index contributed by atoms with van der Waals surface area (Å²) in [6.45, 7) is 0. The first-order valence-corrected chi connectivity index (χ1v) is 10.1. The fourth-order valence-electron chi connectivity index (χ4n) is 3.55. The molecule has 1 aliphatic heterocycles. The zero-order chi connectivity index (χ0) is 21.3. The molecular weight excluding hydrogens is 446 g/mol. The molecule has 1 N–H and O–H groups in total. The summed E-state index contributed by atoms with van der Waals surface area (Å²) in [6.07, 6.45) is 0. The number of rotatable bonds is 4. The van der Waals surface area contributed by atoms with Gasteiger partial charge in [-0.2, -0.15) is 0 Å². The SMILES string of the molecule is COc1ccc(C2C(=C(O)c3ccccc3)C(=O)C(=O)N2c2ccc(Br)cc2)cc1. The molecule has 0 spiro atoms.